The van der Waals surface area contributed by atoms with E-state index in [2.05, 4.69) is 104 Å². The minimum atomic E-state index is -2.00. The van der Waals surface area contributed by atoms with Crippen LogP contribution >= 0.6 is 6.89 Å². The van der Waals surface area contributed by atoms with Crippen molar-refractivity contribution in [1.29, 1.82) is 0 Å². The van der Waals surface area contributed by atoms with Crippen molar-refractivity contribution in [3.05, 3.63) is 121 Å². The van der Waals surface area contributed by atoms with Gasteiger partial charge in [-0.15, -0.1) is 0 Å². The molecule has 0 radical (unpaired) electrons. The molecular formula is C27H24NP. The molecule has 4 aromatic carbocycles. The second kappa shape index (κ2) is 8.90. The predicted octanol–water partition coefficient (Wildman–Crippen LogP) is 5.58. The average molecular weight is 393 g/mol. The molecule has 4 aromatic rings. The summed E-state index contributed by atoms with van der Waals surface area (Å²) in [5, 5.41) is 4.00. The molecule has 0 N–H and O–H groups in total. The fourth-order valence-electron chi connectivity index (χ4n) is 3.68. The second-order valence-corrected chi connectivity index (χ2v) is 10.2. The monoisotopic (exact) mass is 393 g/mol. The van der Waals surface area contributed by atoms with Crippen LogP contribution in [0.15, 0.2) is 126 Å². The molecule has 0 saturated heterocycles. The van der Waals surface area contributed by atoms with Crippen molar-refractivity contribution in [1.82, 2.24) is 0 Å². The van der Waals surface area contributed by atoms with Gasteiger partial charge in [-0.05, 0) is 47.7 Å². The van der Waals surface area contributed by atoms with Crippen LogP contribution in [0.25, 0.3) is 0 Å². The molecule has 0 amide bonds. The largest absolute Gasteiger partial charge is 0.254 e. The summed E-state index contributed by atoms with van der Waals surface area (Å²) in [6, 6.07) is 42.7. The third kappa shape index (κ3) is 4.16. The van der Waals surface area contributed by atoms with Crippen LogP contribution in [0.2, 0.25) is 0 Å². The molecule has 1 nitrogen and oxygen atoms in total. The highest BCUT2D eigenvalue weighted by Gasteiger charge is 2.25. The van der Waals surface area contributed by atoms with Gasteiger partial charge in [-0.25, -0.2) is 0 Å². The minimum absolute atomic E-state index is 0.980. The number of nitrogens with zero attached hydrogens (tertiary/aromatic N) is 1. The van der Waals surface area contributed by atoms with Crippen LogP contribution in [-0.2, 0) is 0 Å². The van der Waals surface area contributed by atoms with E-state index in [0.29, 0.717) is 0 Å². The van der Waals surface area contributed by atoms with Gasteiger partial charge in [0, 0.05) is 5.71 Å². The molecule has 0 aliphatic carbocycles. The molecule has 0 aromatic heterocycles. The van der Waals surface area contributed by atoms with E-state index < -0.39 is 6.89 Å². The summed E-state index contributed by atoms with van der Waals surface area (Å²) in [7, 11) is 0. The van der Waals surface area contributed by atoms with Gasteiger partial charge in [0.2, 0.25) is 0 Å². The first-order chi connectivity index (χ1) is 14.3. The molecule has 0 fully saturated rings. The zero-order valence-electron chi connectivity index (χ0n) is 16.5. The Morgan fingerprint density at radius 2 is 0.897 bits per heavy atom. The number of hydrogen-bond donors (Lipinski definition) is 0. The van der Waals surface area contributed by atoms with Crippen molar-refractivity contribution in [2.75, 3.05) is 0 Å². The van der Waals surface area contributed by atoms with Gasteiger partial charge in [-0.3, -0.25) is 4.99 Å². The first-order valence-electron chi connectivity index (χ1n) is 9.81. The summed E-state index contributed by atoms with van der Waals surface area (Å²) in [5.41, 5.74) is 2.01. The lowest BCUT2D eigenvalue weighted by Crippen LogP contribution is -2.28. The fraction of sp³-hybridized carbons (Fsp3) is 0.0370. The summed E-state index contributed by atoms with van der Waals surface area (Å²) in [4.78, 5) is 4.91. The van der Waals surface area contributed by atoms with E-state index in [1.165, 1.54) is 15.9 Å². The Morgan fingerprint density at radius 3 is 1.28 bits per heavy atom. The number of para-hydroxylation sites is 1. The number of aliphatic imine (C=N–C) groups is 1. The van der Waals surface area contributed by atoms with Crippen LogP contribution in [-0.4, -0.2) is 11.5 Å². The molecule has 0 unspecified atom stereocenters. The molecular weight excluding hydrogens is 369 g/mol. The molecule has 29 heavy (non-hydrogen) atoms. The smallest absolute Gasteiger partial charge is 0.0632 e. The molecule has 0 atom stereocenters. The second-order valence-electron chi connectivity index (χ2n) is 6.95. The lowest BCUT2D eigenvalue weighted by molar-refractivity contribution is 1.52. The molecule has 2 heteroatoms. The van der Waals surface area contributed by atoms with Crippen molar-refractivity contribution >= 4 is 40.0 Å². The topological polar surface area (TPSA) is 12.4 Å². The zero-order valence-corrected chi connectivity index (χ0v) is 17.4. The Bertz CT molecular complexity index is 1030. The van der Waals surface area contributed by atoms with Gasteiger partial charge in [0.25, 0.3) is 0 Å². The third-order valence-electron chi connectivity index (χ3n) is 4.93. The minimum Gasteiger partial charge on any atom is -0.254 e. The quantitative estimate of drug-likeness (QED) is 0.310. The van der Waals surface area contributed by atoms with Crippen molar-refractivity contribution in [3.8, 4) is 0 Å². The Balaban J connectivity index is 2.04. The van der Waals surface area contributed by atoms with Crippen molar-refractivity contribution in [2.24, 2.45) is 4.99 Å². The Kier molecular flexibility index (Phi) is 5.89. The maximum atomic E-state index is 4.91. The van der Waals surface area contributed by atoms with Crippen LogP contribution in [0.4, 0.5) is 5.69 Å². The highest BCUT2D eigenvalue weighted by Crippen LogP contribution is 2.43. The van der Waals surface area contributed by atoms with E-state index in [1.54, 1.807) is 0 Å². The standard InChI is InChI=1S/C27H24NP/c1-23(28-24-14-6-2-7-15-24)22-29(25-16-8-3-9-17-25,26-18-10-4-11-19-26)27-20-12-5-13-21-27/h2-22H,1H3. The summed E-state index contributed by atoms with van der Waals surface area (Å²) in [6.45, 7) is 0.106. The van der Waals surface area contributed by atoms with E-state index in [0.717, 1.165) is 11.4 Å². The molecule has 0 spiro atoms. The lowest BCUT2D eigenvalue weighted by atomic mass is 10.3. The van der Waals surface area contributed by atoms with E-state index >= 15 is 0 Å². The number of benzene rings is 4. The highest BCUT2D eigenvalue weighted by atomic mass is 31.2. The fourth-order valence-corrected chi connectivity index (χ4v) is 7.56. The van der Waals surface area contributed by atoms with Gasteiger partial charge in [0.1, 0.15) is 0 Å². The van der Waals surface area contributed by atoms with E-state index in [1.807, 2.05) is 30.3 Å². The summed E-state index contributed by atoms with van der Waals surface area (Å²) >= 11 is 0. The maximum absolute atomic E-state index is 4.91. The van der Waals surface area contributed by atoms with E-state index in [-0.39, 0.29) is 0 Å². The first kappa shape index (κ1) is 19.2. The van der Waals surface area contributed by atoms with Crippen molar-refractivity contribution in [3.63, 3.8) is 0 Å². The molecule has 0 aliphatic rings. The Morgan fingerprint density at radius 1 is 0.552 bits per heavy atom. The third-order valence-corrected chi connectivity index (χ3v) is 9.03. The van der Waals surface area contributed by atoms with Crippen LogP contribution in [0.1, 0.15) is 6.92 Å². The van der Waals surface area contributed by atoms with Gasteiger partial charge >= 0.3 is 0 Å². The van der Waals surface area contributed by atoms with Gasteiger partial charge in [0.15, 0.2) is 0 Å². The number of hydrogen-bond acceptors (Lipinski definition) is 1. The van der Waals surface area contributed by atoms with Crippen LogP contribution in [0, 0.1) is 0 Å². The number of rotatable bonds is 5. The maximum Gasteiger partial charge on any atom is 0.0632 e. The molecule has 0 aliphatic heterocycles. The summed E-state index contributed by atoms with van der Waals surface area (Å²) in [5.74, 6) is 2.40. The van der Waals surface area contributed by atoms with E-state index in [9.17, 15) is 0 Å². The highest BCUT2D eigenvalue weighted by molar-refractivity contribution is 7.95. The molecule has 4 rings (SSSR count). The molecule has 0 heterocycles. The summed E-state index contributed by atoms with van der Waals surface area (Å²) in [6.07, 6.45) is 0. The van der Waals surface area contributed by atoms with Crippen molar-refractivity contribution < 1.29 is 0 Å². The SMILES string of the molecule is CC(C=P(c1ccccc1)(c1ccccc1)c1ccccc1)=Nc1ccccc1. The van der Waals surface area contributed by atoms with Crippen LogP contribution in [0.5, 0.6) is 0 Å². The normalized spacial score (nSPS) is 11.8. The molecule has 0 saturated carbocycles. The van der Waals surface area contributed by atoms with Gasteiger partial charge in [-0.1, -0.05) is 109 Å². The van der Waals surface area contributed by atoms with Gasteiger partial charge in [0.05, 0.1) is 5.69 Å². The van der Waals surface area contributed by atoms with Crippen LogP contribution in [0.3, 0.4) is 0 Å². The van der Waals surface area contributed by atoms with Crippen LogP contribution < -0.4 is 15.9 Å². The Labute approximate surface area is 173 Å². The first-order valence-corrected chi connectivity index (χ1v) is 11.7. The summed E-state index contributed by atoms with van der Waals surface area (Å²) < 4.78 is 0. The molecule has 142 valence electrons. The predicted molar refractivity (Wildman–Crippen MR) is 130 cm³/mol. The lowest BCUT2D eigenvalue weighted by Gasteiger charge is -2.28. The average Bonchev–Trinajstić information content (AvgIpc) is 2.80. The Hall–Kier alpha value is -3.15. The zero-order chi connectivity index (χ0) is 19.9. The van der Waals surface area contributed by atoms with E-state index in [4.69, 9.17) is 4.99 Å². The van der Waals surface area contributed by atoms with Gasteiger partial charge < -0.3 is 0 Å². The molecule has 0 bridgehead atoms. The van der Waals surface area contributed by atoms with Crippen molar-refractivity contribution in [2.45, 2.75) is 6.92 Å². The van der Waals surface area contributed by atoms with Gasteiger partial charge in [-0.2, -0.15) is 0 Å².